The average Bonchev–Trinajstić information content (AvgIpc) is 3.55. The second-order valence-electron chi connectivity index (χ2n) is 12.2. The highest BCUT2D eigenvalue weighted by molar-refractivity contribution is 6.01. The first-order valence-corrected chi connectivity index (χ1v) is 16.8. The van der Waals surface area contributed by atoms with Crippen LogP contribution in [-0.4, -0.2) is 42.2 Å². The van der Waals surface area contributed by atoms with Crippen LogP contribution in [0.3, 0.4) is 0 Å². The summed E-state index contributed by atoms with van der Waals surface area (Å²) in [5, 5.41) is 13.0. The van der Waals surface area contributed by atoms with Gasteiger partial charge in [-0.15, -0.1) is 0 Å². The fourth-order valence-electron chi connectivity index (χ4n) is 6.07. The summed E-state index contributed by atoms with van der Waals surface area (Å²) in [6, 6.07) is 34.9. The summed E-state index contributed by atoms with van der Waals surface area (Å²) in [6.45, 7) is 0.524. The maximum absolute atomic E-state index is 14.6. The molecule has 6 rings (SSSR count). The van der Waals surface area contributed by atoms with Crippen molar-refractivity contribution in [1.82, 2.24) is 10.9 Å². The molecule has 1 heterocycles. The number of aliphatic hydroxyl groups excluding tert-OH is 1. The Balaban J connectivity index is 1.38. The highest BCUT2D eigenvalue weighted by atomic mass is 19.1. The van der Waals surface area contributed by atoms with Crippen molar-refractivity contribution >= 4 is 17.5 Å². The number of aliphatic imine (C=N–C) groups is 1. The predicted molar refractivity (Wildman–Crippen MR) is 194 cm³/mol. The van der Waals surface area contributed by atoms with E-state index in [0.717, 1.165) is 17.2 Å². The van der Waals surface area contributed by atoms with Gasteiger partial charge in [0.25, 0.3) is 5.91 Å². The van der Waals surface area contributed by atoms with Crippen LogP contribution in [0.1, 0.15) is 34.8 Å². The Hall–Kier alpha value is -6.07. The van der Waals surface area contributed by atoms with Crippen LogP contribution < -0.4 is 15.6 Å². The van der Waals surface area contributed by atoms with Crippen molar-refractivity contribution < 1.29 is 28.2 Å². The fourth-order valence-corrected chi connectivity index (χ4v) is 6.07. The highest BCUT2D eigenvalue weighted by Crippen LogP contribution is 2.44. The Labute approximate surface area is 299 Å². The minimum Gasteiger partial charge on any atom is -0.494 e. The molecule has 1 aliphatic rings. The standard InChI is InChI=1S/C40H36F2N6O4/c41-33-23-27(24-34(42)25-33)19-20-44-47-39(50)40(26-32-9-4-5-10-36(32)46-48-43)37(30-13-11-29(12-14-30)28-7-2-1-3-8-28)52-38(45-40)31-15-17-35(18-16-31)51-22-6-21-49/h1-5,7-18,23-25,37,44,49H,6,19-22,26H2,(H,47,50)/t37-,40-/m0/s1. The minimum absolute atomic E-state index is 0.0121. The van der Waals surface area contributed by atoms with Crippen LogP contribution in [0, 0.1) is 11.6 Å². The van der Waals surface area contributed by atoms with Gasteiger partial charge in [-0.3, -0.25) is 10.2 Å². The third-order valence-electron chi connectivity index (χ3n) is 8.62. The number of azide groups is 1. The normalized spacial score (nSPS) is 16.4. The number of carbonyl (C=O) groups excluding carboxylic acids is 1. The zero-order chi connectivity index (χ0) is 36.3. The molecule has 0 aromatic heterocycles. The quantitative estimate of drug-likeness (QED) is 0.0337. The van der Waals surface area contributed by atoms with Crippen molar-refractivity contribution in [3.05, 3.63) is 166 Å². The van der Waals surface area contributed by atoms with E-state index in [1.54, 1.807) is 48.5 Å². The highest BCUT2D eigenvalue weighted by Gasteiger charge is 2.53. The maximum Gasteiger partial charge on any atom is 0.266 e. The molecule has 0 spiro atoms. The lowest BCUT2D eigenvalue weighted by Crippen LogP contribution is -2.54. The van der Waals surface area contributed by atoms with E-state index < -0.39 is 29.2 Å². The lowest BCUT2D eigenvalue weighted by Gasteiger charge is -2.31. The number of ether oxygens (including phenoxy) is 2. The molecule has 2 atom stereocenters. The monoisotopic (exact) mass is 702 g/mol. The SMILES string of the molecule is [N-]=[N+]=Nc1ccccc1C[C@]1(C(=O)NNCCc2cc(F)cc(F)c2)N=C(c2ccc(OCCCO)cc2)O[C@H]1c1ccc(-c2ccccc2)cc1. The van der Waals surface area contributed by atoms with E-state index in [2.05, 4.69) is 20.9 Å². The van der Waals surface area contributed by atoms with E-state index in [1.807, 2.05) is 54.6 Å². The summed E-state index contributed by atoms with van der Waals surface area (Å²) < 4.78 is 39.9. The number of aliphatic hydroxyl groups is 1. The molecular weight excluding hydrogens is 666 g/mol. The number of rotatable bonds is 15. The Kier molecular flexibility index (Phi) is 11.5. The van der Waals surface area contributed by atoms with Crippen LogP contribution in [0.15, 0.2) is 131 Å². The fraction of sp³-hybridized carbons (Fsp3) is 0.200. The zero-order valence-corrected chi connectivity index (χ0v) is 28.1. The molecule has 3 N–H and O–H groups in total. The number of benzene rings is 5. The van der Waals surface area contributed by atoms with Crippen molar-refractivity contribution in [2.24, 2.45) is 10.1 Å². The first kappa shape index (κ1) is 35.7. The van der Waals surface area contributed by atoms with E-state index in [4.69, 9.17) is 19.6 Å². The number of halogens is 2. The first-order chi connectivity index (χ1) is 25.4. The first-order valence-electron chi connectivity index (χ1n) is 16.8. The van der Waals surface area contributed by atoms with Gasteiger partial charge in [0.2, 0.25) is 5.90 Å². The third kappa shape index (κ3) is 8.44. The topological polar surface area (TPSA) is 141 Å². The molecule has 1 aliphatic heterocycles. The van der Waals surface area contributed by atoms with Gasteiger partial charge in [0, 0.05) is 48.2 Å². The van der Waals surface area contributed by atoms with Gasteiger partial charge in [-0.1, -0.05) is 84.0 Å². The molecule has 264 valence electrons. The van der Waals surface area contributed by atoms with Gasteiger partial charge in [0.15, 0.2) is 11.6 Å². The van der Waals surface area contributed by atoms with Crippen LogP contribution in [0.25, 0.3) is 21.6 Å². The van der Waals surface area contributed by atoms with Crippen LogP contribution in [0.5, 0.6) is 5.75 Å². The van der Waals surface area contributed by atoms with Crippen molar-refractivity contribution in [1.29, 1.82) is 0 Å². The number of nitrogens with one attached hydrogen (secondary N) is 2. The molecule has 1 amide bonds. The van der Waals surface area contributed by atoms with E-state index in [0.29, 0.717) is 46.7 Å². The van der Waals surface area contributed by atoms with Crippen LogP contribution in [0.4, 0.5) is 14.5 Å². The zero-order valence-electron chi connectivity index (χ0n) is 28.1. The molecule has 5 aromatic rings. The second-order valence-corrected chi connectivity index (χ2v) is 12.2. The maximum atomic E-state index is 14.6. The van der Waals surface area contributed by atoms with Gasteiger partial charge < -0.3 is 14.6 Å². The van der Waals surface area contributed by atoms with Crippen molar-refractivity contribution in [2.75, 3.05) is 19.8 Å². The summed E-state index contributed by atoms with van der Waals surface area (Å²) >= 11 is 0. The van der Waals surface area contributed by atoms with E-state index in [1.165, 1.54) is 12.1 Å². The summed E-state index contributed by atoms with van der Waals surface area (Å²) in [6.07, 6.45) is -0.234. The summed E-state index contributed by atoms with van der Waals surface area (Å²) in [5.74, 6) is -1.10. The molecule has 0 radical (unpaired) electrons. The largest absolute Gasteiger partial charge is 0.494 e. The van der Waals surface area contributed by atoms with Crippen LogP contribution in [0.2, 0.25) is 0 Å². The van der Waals surface area contributed by atoms with E-state index >= 15 is 0 Å². The molecule has 12 heteroatoms. The van der Waals surface area contributed by atoms with Gasteiger partial charge in [0.1, 0.15) is 17.4 Å². The molecule has 52 heavy (non-hydrogen) atoms. The van der Waals surface area contributed by atoms with Crippen LogP contribution in [-0.2, 0) is 22.4 Å². The van der Waals surface area contributed by atoms with Gasteiger partial charge in [-0.05, 0) is 76.2 Å². The lowest BCUT2D eigenvalue weighted by atomic mass is 9.81. The predicted octanol–water partition coefficient (Wildman–Crippen LogP) is 7.70. The van der Waals surface area contributed by atoms with Gasteiger partial charge >= 0.3 is 0 Å². The summed E-state index contributed by atoms with van der Waals surface area (Å²) in [4.78, 5) is 22.6. The Morgan fingerprint density at radius 1 is 0.904 bits per heavy atom. The van der Waals surface area contributed by atoms with Gasteiger partial charge in [-0.2, -0.15) is 0 Å². The summed E-state index contributed by atoms with van der Waals surface area (Å²) in [7, 11) is 0. The molecule has 0 unspecified atom stereocenters. The number of hydrogen-bond acceptors (Lipinski definition) is 7. The molecule has 0 saturated heterocycles. The molecule has 0 aliphatic carbocycles. The smallest absolute Gasteiger partial charge is 0.266 e. The van der Waals surface area contributed by atoms with Crippen molar-refractivity contribution in [3.63, 3.8) is 0 Å². The Morgan fingerprint density at radius 2 is 1.58 bits per heavy atom. The number of nitrogens with zero attached hydrogens (tertiary/aromatic N) is 4. The second kappa shape index (κ2) is 16.8. The van der Waals surface area contributed by atoms with Gasteiger partial charge in [0.05, 0.1) is 6.61 Å². The number of amides is 1. The Morgan fingerprint density at radius 3 is 2.29 bits per heavy atom. The lowest BCUT2D eigenvalue weighted by molar-refractivity contribution is -0.130. The number of hydrazine groups is 1. The molecular formula is C40H36F2N6O4. The molecule has 5 aromatic carbocycles. The molecule has 0 fully saturated rings. The molecule has 0 bridgehead atoms. The average molecular weight is 703 g/mol. The van der Waals surface area contributed by atoms with Gasteiger partial charge in [-0.25, -0.2) is 19.2 Å². The molecule has 0 saturated carbocycles. The molecule has 10 nitrogen and oxygen atoms in total. The number of hydrogen-bond donors (Lipinski definition) is 3. The summed E-state index contributed by atoms with van der Waals surface area (Å²) in [5.41, 5.74) is 18.0. The Bertz CT molecular complexity index is 2050. The van der Waals surface area contributed by atoms with Crippen molar-refractivity contribution in [3.8, 4) is 16.9 Å². The van der Waals surface area contributed by atoms with Crippen LogP contribution >= 0.6 is 0 Å². The van der Waals surface area contributed by atoms with E-state index in [9.17, 15) is 19.1 Å². The minimum atomic E-state index is -1.63. The third-order valence-corrected chi connectivity index (χ3v) is 8.62. The number of carbonyl (C=O) groups is 1. The van der Waals surface area contributed by atoms with Crippen molar-refractivity contribution in [2.45, 2.75) is 30.9 Å². The van der Waals surface area contributed by atoms with E-state index in [-0.39, 0.29) is 31.9 Å².